The zero-order valence-corrected chi connectivity index (χ0v) is 13.6. The van der Waals surface area contributed by atoms with Crippen LogP contribution in [0.5, 0.6) is 0 Å². The molecule has 0 saturated heterocycles. The first kappa shape index (κ1) is 15.1. The van der Waals surface area contributed by atoms with Crippen molar-refractivity contribution < 1.29 is 4.52 Å². The predicted octanol–water partition coefficient (Wildman–Crippen LogP) is 3.24. The fourth-order valence-electron chi connectivity index (χ4n) is 2.46. The zero-order valence-electron chi connectivity index (χ0n) is 13.6. The molecule has 4 aromatic rings. The number of benzene rings is 1. The summed E-state index contributed by atoms with van der Waals surface area (Å²) in [4.78, 5) is 13.0. The molecule has 1 aromatic carbocycles. The molecule has 0 spiro atoms. The Morgan fingerprint density at radius 1 is 1.08 bits per heavy atom. The van der Waals surface area contributed by atoms with Crippen LogP contribution in [0.15, 0.2) is 65.6 Å². The predicted molar refractivity (Wildman–Crippen MR) is 93.2 cm³/mol. The molecule has 0 aliphatic heterocycles. The van der Waals surface area contributed by atoms with E-state index in [1.54, 1.807) is 6.20 Å². The highest BCUT2D eigenvalue weighted by atomic mass is 16.5. The number of aromatic nitrogens is 5. The molecule has 124 valence electrons. The van der Waals surface area contributed by atoms with E-state index in [1.807, 2.05) is 66.3 Å². The second-order valence-electron chi connectivity index (χ2n) is 5.51. The minimum atomic E-state index is 0.452. The second-order valence-corrected chi connectivity index (χ2v) is 5.51. The molecule has 7 heteroatoms. The van der Waals surface area contributed by atoms with Crippen LogP contribution in [0.1, 0.15) is 11.4 Å². The van der Waals surface area contributed by atoms with Crippen LogP contribution in [0.2, 0.25) is 0 Å². The van der Waals surface area contributed by atoms with Crippen molar-refractivity contribution in [1.29, 1.82) is 0 Å². The molecule has 0 amide bonds. The van der Waals surface area contributed by atoms with Crippen molar-refractivity contribution >= 4 is 5.95 Å². The van der Waals surface area contributed by atoms with Gasteiger partial charge in [-0.15, -0.1) is 0 Å². The van der Waals surface area contributed by atoms with E-state index in [-0.39, 0.29) is 0 Å². The van der Waals surface area contributed by atoms with Crippen molar-refractivity contribution in [3.05, 3.63) is 72.4 Å². The molecule has 0 bridgehead atoms. The Kier molecular flexibility index (Phi) is 3.96. The summed E-state index contributed by atoms with van der Waals surface area (Å²) in [6.07, 6.45) is 5.47. The number of hydrogen-bond acceptors (Lipinski definition) is 6. The van der Waals surface area contributed by atoms with Gasteiger partial charge >= 0.3 is 0 Å². The van der Waals surface area contributed by atoms with Gasteiger partial charge in [0, 0.05) is 30.7 Å². The normalized spacial score (nSPS) is 10.8. The van der Waals surface area contributed by atoms with Gasteiger partial charge in [-0.3, -0.25) is 4.57 Å². The van der Waals surface area contributed by atoms with Crippen molar-refractivity contribution in [2.24, 2.45) is 0 Å². The fraction of sp³-hybridized carbons (Fsp3) is 0.111. The van der Waals surface area contributed by atoms with Crippen molar-refractivity contribution in [1.82, 2.24) is 24.7 Å². The highest BCUT2D eigenvalue weighted by molar-refractivity contribution is 5.53. The molecule has 0 aliphatic rings. The van der Waals surface area contributed by atoms with Crippen LogP contribution in [-0.4, -0.2) is 24.7 Å². The summed E-state index contributed by atoms with van der Waals surface area (Å²) in [5.74, 6) is 2.68. The minimum Gasteiger partial charge on any atom is -0.347 e. The maximum Gasteiger partial charge on any atom is 0.264 e. The van der Waals surface area contributed by atoms with Gasteiger partial charge in [0.05, 0.1) is 0 Å². The minimum absolute atomic E-state index is 0.452. The molecule has 0 atom stereocenters. The molecule has 3 aromatic heterocycles. The Bertz CT molecular complexity index is 959. The lowest BCUT2D eigenvalue weighted by Crippen LogP contribution is -2.03. The molecule has 0 radical (unpaired) electrons. The lowest BCUT2D eigenvalue weighted by Gasteiger charge is -2.05. The van der Waals surface area contributed by atoms with Crippen LogP contribution in [0.4, 0.5) is 5.95 Å². The number of anilines is 1. The number of aryl methyl sites for hydroxylation is 1. The first-order valence-electron chi connectivity index (χ1n) is 7.88. The van der Waals surface area contributed by atoms with Gasteiger partial charge in [-0.2, -0.15) is 4.98 Å². The molecule has 25 heavy (non-hydrogen) atoms. The van der Waals surface area contributed by atoms with Gasteiger partial charge in [-0.25, -0.2) is 9.97 Å². The highest BCUT2D eigenvalue weighted by Gasteiger charge is 2.08. The van der Waals surface area contributed by atoms with Gasteiger partial charge in [-0.1, -0.05) is 24.3 Å². The van der Waals surface area contributed by atoms with Crippen LogP contribution in [0.3, 0.4) is 0 Å². The van der Waals surface area contributed by atoms with Crippen molar-refractivity contribution in [2.75, 3.05) is 5.32 Å². The SMILES string of the molecule is Cc1nccn1-c1ccc(CNc2noc(-c3ccccc3)n2)cn1. The van der Waals surface area contributed by atoms with Crippen LogP contribution in [0, 0.1) is 6.92 Å². The topological polar surface area (TPSA) is 81.7 Å². The Balaban J connectivity index is 1.42. The molecule has 4 rings (SSSR count). The third-order valence-electron chi connectivity index (χ3n) is 3.78. The van der Waals surface area contributed by atoms with Gasteiger partial charge in [0.2, 0.25) is 0 Å². The summed E-state index contributed by atoms with van der Waals surface area (Å²) in [6.45, 7) is 2.50. The molecule has 0 aliphatic carbocycles. The Labute approximate surface area is 144 Å². The summed E-state index contributed by atoms with van der Waals surface area (Å²) in [5.41, 5.74) is 1.91. The first-order valence-corrected chi connectivity index (χ1v) is 7.88. The lowest BCUT2D eigenvalue weighted by molar-refractivity contribution is 0.432. The summed E-state index contributed by atoms with van der Waals surface area (Å²) in [6, 6.07) is 13.6. The number of nitrogens with zero attached hydrogens (tertiary/aromatic N) is 5. The van der Waals surface area contributed by atoms with Crippen molar-refractivity contribution in [3.8, 4) is 17.3 Å². The smallest absolute Gasteiger partial charge is 0.264 e. The first-order chi connectivity index (χ1) is 12.3. The fourth-order valence-corrected chi connectivity index (χ4v) is 2.46. The third kappa shape index (κ3) is 3.25. The second kappa shape index (κ2) is 6.56. The number of imidazole rings is 1. The molecule has 0 fully saturated rings. The number of pyridine rings is 1. The molecule has 3 heterocycles. The number of rotatable bonds is 5. The molecular weight excluding hydrogens is 316 g/mol. The lowest BCUT2D eigenvalue weighted by atomic mass is 10.2. The van der Waals surface area contributed by atoms with E-state index in [4.69, 9.17) is 4.52 Å². The van der Waals surface area contributed by atoms with Crippen LogP contribution < -0.4 is 5.32 Å². The van der Waals surface area contributed by atoms with Crippen LogP contribution in [-0.2, 0) is 6.54 Å². The largest absolute Gasteiger partial charge is 0.347 e. The molecule has 0 saturated carbocycles. The Morgan fingerprint density at radius 2 is 1.96 bits per heavy atom. The van der Waals surface area contributed by atoms with E-state index in [0.717, 1.165) is 22.8 Å². The highest BCUT2D eigenvalue weighted by Crippen LogP contribution is 2.18. The maximum atomic E-state index is 5.27. The Morgan fingerprint density at radius 3 is 2.68 bits per heavy atom. The van der Waals surface area contributed by atoms with E-state index in [0.29, 0.717) is 18.4 Å². The molecule has 1 N–H and O–H groups in total. The maximum absolute atomic E-state index is 5.27. The van der Waals surface area contributed by atoms with E-state index in [9.17, 15) is 0 Å². The number of hydrogen-bond donors (Lipinski definition) is 1. The van der Waals surface area contributed by atoms with Gasteiger partial charge in [0.25, 0.3) is 11.8 Å². The van der Waals surface area contributed by atoms with Gasteiger partial charge < -0.3 is 9.84 Å². The van der Waals surface area contributed by atoms with Gasteiger partial charge in [-0.05, 0) is 35.8 Å². The summed E-state index contributed by atoms with van der Waals surface area (Å²) in [7, 11) is 0. The zero-order chi connectivity index (χ0) is 17.1. The average molecular weight is 332 g/mol. The van der Waals surface area contributed by atoms with Crippen molar-refractivity contribution in [2.45, 2.75) is 13.5 Å². The van der Waals surface area contributed by atoms with E-state index >= 15 is 0 Å². The number of nitrogens with one attached hydrogen (secondary N) is 1. The third-order valence-corrected chi connectivity index (χ3v) is 3.78. The monoisotopic (exact) mass is 332 g/mol. The molecular formula is C18H16N6O. The summed E-state index contributed by atoms with van der Waals surface area (Å²) in [5, 5.41) is 7.09. The van der Waals surface area contributed by atoms with E-state index in [1.165, 1.54) is 0 Å². The van der Waals surface area contributed by atoms with Crippen molar-refractivity contribution in [3.63, 3.8) is 0 Å². The van der Waals surface area contributed by atoms with E-state index < -0.39 is 0 Å². The quantitative estimate of drug-likeness (QED) is 0.604. The van der Waals surface area contributed by atoms with Crippen LogP contribution >= 0.6 is 0 Å². The molecule has 0 unspecified atom stereocenters. The molecule has 7 nitrogen and oxygen atoms in total. The van der Waals surface area contributed by atoms with Gasteiger partial charge in [0.1, 0.15) is 11.6 Å². The standard InChI is InChI=1S/C18H16N6O/c1-13-19-9-10-24(13)16-8-7-14(11-20-16)12-21-18-22-17(25-23-18)15-5-3-2-4-6-15/h2-11H,12H2,1H3,(H,21,23). The average Bonchev–Trinajstić information content (AvgIpc) is 3.30. The summed E-state index contributed by atoms with van der Waals surface area (Å²) >= 11 is 0. The van der Waals surface area contributed by atoms with Gasteiger partial charge in [0.15, 0.2) is 0 Å². The summed E-state index contributed by atoms with van der Waals surface area (Å²) < 4.78 is 7.20. The van der Waals surface area contributed by atoms with Crippen LogP contribution in [0.25, 0.3) is 17.3 Å². The van der Waals surface area contributed by atoms with E-state index in [2.05, 4.69) is 25.4 Å². The Hall–Kier alpha value is -3.48.